The Hall–Kier alpha value is -6.64. The van der Waals surface area contributed by atoms with Crippen LogP contribution in [-0.2, 0) is 10.8 Å². The summed E-state index contributed by atoms with van der Waals surface area (Å²) >= 11 is 0. The van der Waals surface area contributed by atoms with Crippen molar-refractivity contribution in [2.75, 3.05) is 4.90 Å². The molecule has 0 saturated carbocycles. The van der Waals surface area contributed by atoms with Gasteiger partial charge in [-0.2, -0.15) is 0 Å². The van der Waals surface area contributed by atoms with E-state index in [2.05, 4.69) is 0 Å². The van der Waals surface area contributed by atoms with Crippen LogP contribution in [-0.4, -0.2) is 0 Å². The maximum absolute atomic E-state index is 9.79. The van der Waals surface area contributed by atoms with Gasteiger partial charge in [0.2, 0.25) is 0 Å². The molecule has 1 aromatic heterocycles. The lowest BCUT2D eigenvalue weighted by atomic mass is 9.74. The lowest BCUT2D eigenvalue weighted by Gasteiger charge is -2.28. The Morgan fingerprint density at radius 2 is 1.22 bits per heavy atom. The molecule has 0 saturated heterocycles. The molecule has 8 aromatic carbocycles. The molecule has 1 heterocycles. The summed E-state index contributed by atoms with van der Waals surface area (Å²) in [6.45, 7) is 4.91. The molecular formula is C53H39NO. The van der Waals surface area contributed by atoms with Crippen LogP contribution < -0.4 is 4.90 Å². The number of nitrogens with zero attached hydrogens (tertiary/aromatic N) is 1. The van der Waals surface area contributed by atoms with E-state index < -0.39 is 95.4 Å². The zero-order valence-corrected chi connectivity index (χ0v) is 29.5. The lowest BCUT2D eigenvalue weighted by Crippen LogP contribution is -2.22. The van der Waals surface area contributed by atoms with Crippen molar-refractivity contribution in [2.45, 2.75) is 31.6 Å². The Bertz CT molecular complexity index is 4260. The molecule has 2 aliphatic rings. The van der Waals surface area contributed by atoms with E-state index in [0.29, 0.717) is 5.56 Å². The van der Waals surface area contributed by atoms with E-state index in [1.807, 2.05) is 0 Å². The van der Waals surface area contributed by atoms with E-state index in [1.54, 1.807) is 13.8 Å². The summed E-state index contributed by atoms with van der Waals surface area (Å²) in [5, 5.41) is -0.323. The highest BCUT2D eigenvalue weighted by Gasteiger charge is 2.42. The average molecular weight is 728 g/mol. The molecule has 0 amide bonds. The number of para-hydroxylation sites is 2. The number of anilines is 3. The maximum atomic E-state index is 9.79. The second kappa shape index (κ2) is 11.7. The van der Waals surface area contributed by atoms with Crippen molar-refractivity contribution in [1.82, 2.24) is 0 Å². The fourth-order valence-corrected chi connectivity index (χ4v) is 8.05. The van der Waals surface area contributed by atoms with Crippen molar-refractivity contribution in [1.29, 1.82) is 0 Å². The van der Waals surface area contributed by atoms with Gasteiger partial charge in [-0.1, -0.05) is 147 Å². The zero-order valence-electron chi connectivity index (χ0n) is 51.5. The first-order valence-corrected chi connectivity index (χ1v) is 17.5. The molecule has 2 aliphatic carbocycles. The topological polar surface area (TPSA) is 16.4 Å². The quantitative estimate of drug-likeness (QED) is 0.175. The third kappa shape index (κ3) is 4.55. The Balaban J connectivity index is 1.15. The molecule has 262 valence electrons. The molecule has 0 aliphatic heterocycles. The van der Waals surface area contributed by atoms with Gasteiger partial charge in [0.25, 0.3) is 0 Å². The van der Waals surface area contributed by atoms with Crippen LogP contribution in [0.1, 0.15) is 78.7 Å². The first-order valence-electron chi connectivity index (χ1n) is 28.5. The molecule has 1 atom stereocenters. The molecule has 0 spiro atoms. The van der Waals surface area contributed by atoms with Gasteiger partial charge < -0.3 is 9.32 Å². The van der Waals surface area contributed by atoms with Gasteiger partial charge in [0, 0.05) is 44.2 Å². The highest BCUT2D eigenvalue weighted by atomic mass is 16.3. The summed E-state index contributed by atoms with van der Waals surface area (Å²) in [5.41, 5.74) is -4.21. The summed E-state index contributed by atoms with van der Waals surface area (Å²) < 4.78 is 205. The van der Waals surface area contributed by atoms with Gasteiger partial charge in [0.15, 0.2) is 0 Å². The molecule has 1 unspecified atom stereocenters. The van der Waals surface area contributed by atoms with Crippen molar-refractivity contribution in [2.24, 2.45) is 0 Å². The van der Waals surface area contributed by atoms with Crippen molar-refractivity contribution in [3.8, 4) is 33.4 Å². The minimum atomic E-state index is -1.82. The van der Waals surface area contributed by atoms with Crippen LogP contribution in [0, 0.1) is 0 Å². The van der Waals surface area contributed by atoms with E-state index in [9.17, 15) is 11.0 Å². The van der Waals surface area contributed by atoms with E-state index in [-0.39, 0.29) is 143 Å². The van der Waals surface area contributed by atoms with Crippen LogP contribution in [0.2, 0.25) is 0 Å². The van der Waals surface area contributed by atoms with Crippen LogP contribution in [0.3, 0.4) is 0 Å². The number of furan rings is 1. The van der Waals surface area contributed by atoms with Gasteiger partial charge >= 0.3 is 0 Å². The van der Waals surface area contributed by atoms with Crippen LogP contribution >= 0.6 is 0 Å². The SMILES string of the molecule is [2H]c1cc([2H])c(N(c2ccc(-c3cc([2H])c4c(oc5c(C6(C)c7ccc([2H])c([2H])c7-c7c([2H])c([2H])c([2H])c([2H])c76)c([2H])c([2H])c([2H])c54)c3[2H])c([2H])c2[2H])c2cc([2H])c3c(c2[2H])C(C)(C)c2c([2H])cc([2H])c([2H])c2-3)c([2H])c1[2H]. The molecule has 0 radical (unpaired) electrons. The number of benzene rings is 8. The van der Waals surface area contributed by atoms with E-state index >= 15 is 0 Å². The van der Waals surface area contributed by atoms with Gasteiger partial charge in [-0.15, -0.1) is 0 Å². The third-order valence-electron chi connectivity index (χ3n) is 10.8. The molecule has 0 fully saturated rings. The van der Waals surface area contributed by atoms with Crippen LogP contribution in [0.5, 0.6) is 0 Å². The molecule has 2 nitrogen and oxygen atoms in total. The van der Waals surface area contributed by atoms with Gasteiger partial charge in [-0.05, 0) is 111 Å². The summed E-state index contributed by atoms with van der Waals surface area (Å²) in [6.07, 6.45) is 0. The monoisotopic (exact) mass is 727 g/mol. The predicted molar refractivity (Wildman–Crippen MR) is 229 cm³/mol. The normalized spacial score (nSPS) is 21.7. The number of hydrogen-bond donors (Lipinski definition) is 0. The fraction of sp³-hybridized carbons (Fsp3) is 0.0943. The Labute approximate surface area is 352 Å². The zero-order chi connectivity index (χ0) is 56.0. The summed E-state index contributed by atoms with van der Waals surface area (Å²) in [6, 6.07) is -0.166. The van der Waals surface area contributed by atoms with E-state index in [1.165, 1.54) is 49.4 Å². The summed E-state index contributed by atoms with van der Waals surface area (Å²) in [7, 11) is 0. The minimum absolute atomic E-state index is 0.00192. The van der Waals surface area contributed by atoms with E-state index in [4.69, 9.17) is 23.6 Å². The third-order valence-corrected chi connectivity index (χ3v) is 10.8. The Morgan fingerprint density at radius 1 is 0.455 bits per heavy atom. The van der Waals surface area contributed by atoms with Gasteiger partial charge in [0.1, 0.15) is 11.2 Å². The first kappa shape index (κ1) is 16.8. The smallest absolute Gasteiger partial charge is 0.139 e. The molecule has 0 bridgehead atoms. The molecule has 55 heavy (non-hydrogen) atoms. The van der Waals surface area contributed by atoms with Crippen molar-refractivity contribution in [3.63, 3.8) is 0 Å². The Kier molecular flexibility index (Phi) is 3.57. The number of hydrogen-bond acceptors (Lipinski definition) is 2. The molecular weight excluding hydrogens is 667 g/mol. The van der Waals surface area contributed by atoms with Crippen LogP contribution in [0.25, 0.3) is 55.3 Å². The molecule has 0 N–H and O–H groups in total. The van der Waals surface area contributed by atoms with Crippen molar-refractivity contribution in [3.05, 3.63) is 209 Å². The second-order valence-corrected chi connectivity index (χ2v) is 14.1. The van der Waals surface area contributed by atoms with Gasteiger partial charge in [0.05, 0.1) is 30.2 Å². The van der Waals surface area contributed by atoms with Gasteiger partial charge in [-0.3, -0.25) is 0 Å². The average Bonchev–Trinajstić information content (AvgIpc) is 4.10. The fourth-order valence-electron chi connectivity index (χ4n) is 8.05. The highest BCUT2D eigenvalue weighted by Crippen LogP contribution is 2.54. The lowest BCUT2D eigenvalue weighted by molar-refractivity contribution is 0.638. The molecule has 9 aromatic rings. The van der Waals surface area contributed by atoms with Crippen molar-refractivity contribution >= 4 is 39.0 Å². The Morgan fingerprint density at radius 3 is 2.15 bits per heavy atom. The highest BCUT2D eigenvalue weighted by molar-refractivity contribution is 6.08. The first-order chi connectivity index (χ1) is 36.0. The molecule has 11 rings (SSSR count). The second-order valence-electron chi connectivity index (χ2n) is 14.1. The van der Waals surface area contributed by atoms with Gasteiger partial charge in [-0.25, -0.2) is 0 Å². The number of fused-ring (bicyclic) bond motifs is 9. The number of rotatable bonds is 5. The largest absolute Gasteiger partial charge is 0.456 e. The van der Waals surface area contributed by atoms with E-state index in [0.717, 1.165) is 11.0 Å². The van der Waals surface area contributed by atoms with Crippen LogP contribution in [0.15, 0.2) is 186 Å². The molecule has 2 heteroatoms. The summed E-state index contributed by atoms with van der Waals surface area (Å²) in [4.78, 5) is 1.11. The summed E-state index contributed by atoms with van der Waals surface area (Å²) in [5.74, 6) is 0. The van der Waals surface area contributed by atoms with Crippen molar-refractivity contribution < 1.29 is 34.6 Å². The standard InChI is InChI=1S/C53H39NO/c1-52(2)45-20-10-7-16-39(45)42-31-29-38(33-49(42)52)54(36-14-5-4-6-15-36)37-27-24-34(25-28-37)35-26-30-43-44-19-13-23-48(51(44)55-50(43)32-35)53(3)46-21-11-8-17-40(46)41-18-9-12-22-47(41)53/h4-33H,1-3H3/i4D,5D,7D,8D,9D,11D,13D,14D,15D,16D,17D,18D,19D,20D,21D,23D,24D,27D,30D,31D,32D,33D. The maximum Gasteiger partial charge on any atom is 0.139 e. The minimum Gasteiger partial charge on any atom is -0.456 e. The predicted octanol–water partition coefficient (Wildman–Crippen LogP) is 14.4. The van der Waals surface area contributed by atoms with Crippen LogP contribution in [0.4, 0.5) is 17.1 Å².